The van der Waals surface area contributed by atoms with Gasteiger partial charge in [-0.2, -0.15) is 0 Å². The average molecular weight is 301 g/mol. The Kier molecular flexibility index (Phi) is 3.80. The maximum atomic E-state index is 13.0. The van der Waals surface area contributed by atoms with Crippen molar-refractivity contribution in [2.75, 3.05) is 6.54 Å². The molecule has 1 unspecified atom stereocenters. The van der Waals surface area contributed by atoms with Gasteiger partial charge in [0.15, 0.2) is 0 Å². The molecule has 0 radical (unpaired) electrons. The summed E-state index contributed by atoms with van der Waals surface area (Å²) >= 11 is 0. The van der Waals surface area contributed by atoms with Gasteiger partial charge in [-0.25, -0.2) is 0 Å². The number of carbonyl (C=O) groups is 1. The van der Waals surface area contributed by atoms with E-state index in [1.165, 1.54) is 5.56 Å². The molecule has 1 amide bonds. The molecule has 3 nitrogen and oxygen atoms in total. The van der Waals surface area contributed by atoms with Gasteiger partial charge < -0.3 is 10.0 Å². The molecule has 1 N–H and O–H groups in total. The molecular formula is C19H27NO2. The van der Waals surface area contributed by atoms with E-state index in [2.05, 4.69) is 18.2 Å². The van der Waals surface area contributed by atoms with Crippen LogP contribution in [0, 0.1) is 5.41 Å². The first-order valence-corrected chi connectivity index (χ1v) is 8.44. The third-order valence-corrected chi connectivity index (χ3v) is 5.16. The van der Waals surface area contributed by atoms with Crippen molar-refractivity contribution in [1.29, 1.82) is 0 Å². The largest absolute Gasteiger partial charge is 0.387 e. The second-order valence-corrected chi connectivity index (χ2v) is 7.91. The molecule has 1 aromatic carbocycles. The van der Waals surface area contributed by atoms with Crippen molar-refractivity contribution in [2.24, 2.45) is 5.41 Å². The van der Waals surface area contributed by atoms with Crippen LogP contribution in [0.1, 0.15) is 63.6 Å². The van der Waals surface area contributed by atoms with Crippen molar-refractivity contribution < 1.29 is 9.90 Å². The topological polar surface area (TPSA) is 40.5 Å². The predicted molar refractivity (Wildman–Crippen MR) is 87.5 cm³/mol. The van der Waals surface area contributed by atoms with Gasteiger partial charge in [-0.1, -0.05) is 57.9 Å². The fraction of sp³-hybridized carbons (Fsp3) is 0.632. The number of rotatable bonds is 1. The van der Waals surface area contributed by atoms with Crippen molar-refractivity contribution in [3.8, 4) is 0 Å². The van der Waals surface area contributed by atoms with Crippen LogP contribution in [-0.2, 0) is 11.2 Å². The number of amides is 1. The van der Waals surface area contributed by atoms with Crippen LogP contribution >= 0.6 is 0 Å². The third-order valence-electron chi connectivity index (χ3n) is 5.16. The number of nitrogens with zero attached hydrogens (tertiary/aromatic N) is 1. The maximum Gasteiger partial charge on any atom is 0.228 e. The van der Waals surface area contributed by atoms with Crippen molar-refractivity contribution in [1.82, 2.24) is 4.90 Å². The van der Waals surface area contributed by atoms with Gasteiger partial charge in [0.1, 0.15) is 0 Å². The molecule has 2 aliphatic rings. The zero-order valence-electron chi connectivity index (χ0n) is 13.9. The lowest BCUT2D eigenvalue weighted by molar-refractivity contribution is -0.150. The van der Waals surface area contributed by atoms with E-state index in [9.17, 15) is 9.90 Å². The van der Waals surface area contributed by atoms with Crippen molar-refractivity contribution >= 4 is 5.91 Å². The highest BCUT2D eigenvalue weighted by Crippen LogP contribution is 2.46. The van der Waals surface area contributed by atoms with Crippen LogP contribution in [0.5, 0.6) is 0 Å². The first-order chi connectivity index (χ1) is 10.3. The Balaban J connectivity index is 2.06. The fourth-order valence-electron chi connectivity index (χ4n) is 4.06. The normalized spacial score (nSPS) is 24.2. The van der Waals surface area contributed by atoms with Crippen molar-refractivity contribution in [3.05, 3.63) is 35.4 Å². The summed E-state index contributed by atoms with van der Waals surface area (Å²) in [6.07, 6.45) is 4.56. The molecule has 1 saturated carbocycles. The molecule has 0 saturated heterocycles. The average Bonchev–Trinajstić information content (AvgIpc) is 2.92. The zero-order chi connectivity index (χ0) is 16.0. The van der Waals surface area contributed by atoms with Gasteiger partial charge in [0.25, 0.3) is 0 Å². The van der Waals surface area contributed by atoms with Gasteiger partial charge in [-0.3, -0.25) is 4.79 Å². The Hall–Kier alpha value is -1.35. The van der Waals surface area contributed by atoms with Gasteiger partial charge >= 0.3 is 0 Å². The van der Waals surface area contributed by atoms with E-state index in [1.54, 1.807) is 0 Å². The molecule has 1 aromatic rings. The minimum Gasteiger partial charge on any atom is -0.387 e. The number of hydrogen-bond donors (Lipinski definition) is 1. The van der Waals surface area contributed by atoms with Crippen LogP contribution in [0.25, 0.3) is 0 Å². The summed E-state index contributed by atoms with van der Waals surface area (Å²) in [7, 11) is 0. The van der Waals surface area contributed by atoms with E-state index in [1.807, 2.05) is 31.7 Å². The van der Waals surface area contributed by atoms with Gasteiger partial charge in [0, 0.05) is 12.0 Å². The Labute approximate surface area is 133 Å². The lowest BCUT2D eigenvalue weighted by Crippen LogP contribution is -2.53. The molecule has 3 rings (SSSR count). The molecule has 0 spiro atoms. The van der Waals surface area contributed by atoms with Crippen molar-refractivity contribution in [2.45, 2.75) is 64.5 Å². The number of aliphatic hydroxyl groups is 1. The van der Waals surface area contributed by atoms with Crippen LogP contribution in [0.2, 0.25) is 0 Å². The fourth-order valence-corrected chi connectivity index (χ4v) is 4.06. The quantitative estimate of drug-likeness (QED) is 0.863. The minimum atomic E-state index is -0.766. The molecule has 1 atom stereocenters. The Morgan fingerprint density at radius 3 is 2.50 bits per heavy atom. The van der Waals surface area contributed by atoms with Crippen LogP contribution in [0.15, 0.2) is 24.3 Å². The number of carbonyl (C=O) groups excluding carboxylic acids is 1. The molecule has 1 fully saturated rings. The summed E-state index contributed by atoms with van der Waals surface area (Å²) in [5.41, 5.74) is 1.25. The molecule has 0 bridgehead atoms. The number of hydrogen-bond acceptors (Lipinski definition) is 2. The summed E-state index contributed by atoms with van der Waals surface area (Å²) in [6.45, 7) is 6.60. The van der Waals surface area contributed by atoms with Gasteiger partial charge in [-0.05, 0) is 30.4 Å². The molecular weight excluding hydrogens is 274 g/mol. The second-order valence-electron chi connectivity index (χ2n) is 7.91. The minimum absolute atomic E-state index is 0.146. The summed E-state index contributed by atoms with van der Waals surface area (Å²) in [6, 6.07) is 8.12. The summed E-state index contributed by atoms with van der Waals surface area (Å²) < 4.78 is 0. The van der Waals surface area contributed by atoms with Gasteiger partial charge in [0.05, 0.1) is 11.6 Å². The van der Waals surface area contributed by atoms with Gasteiger partial charge in [-0.15, -0.1) is 0 Å². The Morgan fingerprint density at radius 1 is 1.23 bits per heavy atom. The zero-order valence-corrected chi connectivity index (χ0v) is 13.9. The summed E-state index contributed by atoms with van der Waals surface area (Å²) in [4.78, 5) is 14.9. The summed E-state index contributed by atoms with van der Waals surface area (Å²) in [5.74, 6) is 0.146. The highest BCUT2D eigenvalue weighted by molar-refractivity contribution is 5.82. The highest BCUT2D eigenvalue weighted by atomic mass is 16.3. The maximum absolute atomic E-state index is 13.0. The lowest BCUT2D eigenvalue weighted by Gasteiger charge is -2.46. The molecule has 1 aliphatic carbocycles. The van der Waals surface area contributed by atoms with Crippen LogP contribution in [-0.4, -0.2) is 28.1 Å². The van der Waals surface area contributed by atoms with E-state index in [0.717, 1.165) is 37.7 Å². The Morgan fingerprint density at radius 2 is 1.86 bits per heavy atom. The molecule has 22 heavy (non-hydrogen) atoms. The van der Waals surface area contributed by atoms with E-state index in [0.29, 0.717) is 6.54 Å². The van der Waals surface area contributed by atoms with E-state index in [-0.39, 0.29) is 11.9 Å². The first-order valence-electron chi connectivity index (χ1n) is 8.44. The Bertz CT molecular complexity index is 567. The monoisotopic (exact) mass is 301 g/mol. The summed E-state index contributed by atoms with van der Waals surface area (Å²) in [5, 5.41) is 11.3. The van der Waals surface area contributed by atoms with E-state index < -0.39 is 11.0 Å². The van der Waals surface area contributed by atoms with E-state index in [4.69, 9.17) is 0 Å². The second kappa shape index (κ2) is 5.38. The lowest BCUT2D eigenvalue weighted by atomic mass is 9.79. The predicted octanol–water partition coefficient (Wildman–Crippen LogP) is 3.46. The standard InChI is InChI=1S/C19H27NO2/c1-18(2,3)17(21)20-13-10-14-8-4-5-9-15(14)16(20)19(22)11-6-7-12-19/h4-5,8-9,16,22H,6-7,10-13H2,1-3H3. The molecule has 1 aliphatic heterocycles. The van der Waals surface area contributed by atoms with E-state index >= 15 is 0 Å². The third kappa shape index (κ3) is 2.56. The SMILES string of the molecule is CC(C)(C)C(=O)N1CCc2ccccc2C1C1(O)CCCC1. The number of benzene rings is 1. The first kappa shape index (κ1) is 15.5. The molecule has 0 aromatic heterocycles. The van der Waals surface area contributed by atoms with Crippen molar-refractivity contribution in [3.63, 3.8) is 0 Å². The molecule has 120 valence electrons. The van der Waals surface area contributed by atoms with Gasteiger partial charge in [0.2, 0.25) is 5.91 Å². The van der Waals surface area contributed by atoms with Crippen LogP contribution in [0.4, 0.5) is 0 Å². The smallest absolute Gasteiger partial charge is 0.228 e. The molecule has 3 heteroatoms. The highest BCUT2D eigenvalue weighted by Gasteiger charge is 2.48. The molecule has 1 heterocycles. The van der Waals surface area contributed by atoms with Crippen LogP contribution in [0.3, 0.4) is 0 Å². The van der Waals surface area contributed by atoms with Crippen LogP contribution < -0.4 is 0 Å². The number of fused-ring (bicyclic) bond motifs is 1.